The fourth-order valence-electron chi connectivity index (χ4n) is 2.25. The molecule has 0 radical (unpaired) electrons. The number of carbonyl (C=O) groups excluding carboxylic acids is 2. The van der Waals surface area contributed by atoms with Crippen molar-refractivity contribution < 1.29 is 18.7 Å². The first-order chi connectivity index (χ1) is 11.5. The summed E-state index contributed by atoms with van der Waals surface area (Å²) in [6.45, 7) is 1.94. The van der Waals surface area contributed by atoms with Crippen molar-refractivity contribution in [2.24, 2.45) is 0 Å². The van der Waals surface area contributed by atoms with Crippen LogP contribution in [0.2, 0.25) is 5.02 Å². The summed E-state index contributed by atoms with van der Waals surface area (Å²) in [5.41, 5.74) is 0.757. The zero-order valence-electron chi connectivity index (χ0n) is 13.1. The van der Waals surface area contributed by atoms with Crippen molar-refractivity contribution in [3.8, 4) is 0 Å². The number of ether oxygens (including phenoxy) is 1. The van der Waals surface area contributed by atoms with Crippen molar-refractivity contribution in [2.45, 2.75) is 19.4 Å². The zero-order chi connectivity index (χ0) is 17.5. The van der Waals surface area contributed by atoms with E-state index in [1.165, 1.54) is 18.2 Å². The number of nitrogens with one attached hydrogen (secondary N) is 1. The van der Waals surface area contributed by atoms with Crippen LogP contribution in [0.3, 0.4) is 0 Å². The summed E-state index contributed by atoms with van der Waals surface area (Å²) in [4.78, 5) is 24.2. The fourth-order valence-corrected chi connectivity index (χ4v) is 2.52. The molecule has 1 amide bonds. The van der Waals surface area contributed by atoms with E-state index >= 15 is 0 Å². The molecule has 0 aliphatic rings. The van der Waals surface area contributed by atoms with Crippen LogP contribution in [0.5, 0.6) is 0 Å². The summed E-state index contributed by atoms with van der Waals surface area (Å²) in [6.07, 6.45) is -0.0708. The summed E-state index contributed by atoms with van der Waals surface area (Å²) in [5.74, 6) is -1.46. The van der Waals surface area contributed by atoms with Crippen LogP contribution in [-0.2, 0) is 9.53 Å². The summed E-state index contributed by atoms with van der Waals surface area (Å²) >= 11 is 6.17. The molecule has 0 aliphatic heterocycles. The van der Waals surface area contributed by atoms with Gasteiger partial charge in [0, 0.05) is 10.6 Å². The molecule has 126 valence electrons. The van der Waals surface area contributed by atoms with Gasteiger partial charge < -0.3 is 10.1 Å². The first kappa shape index (κ1) is 17.9. The number of esters is 1. The van der Waals surface area contributed by atoms with Gasteiger partial charge in [0.25, 0.3) is 5.91 Å². The largest absolute Gasteiger partial charge is 0.466 e. The highest BCUT2D eigenvalue weighted by Gasteiger charge is 2.22. The first-order valence-electron chi connectivity index (χ1n) is 7.47. The van der Waals surface area contributed by atoms with Gasteiger partial charge in [0.2, 0.25) is 0 Å². The number of hydrogen-bond donors (Lipinski definition) is 1. The van der Waals surface area contributed by atoms with E-state index in [1.54, 1.807) is 31.2 Å². The average molecular weight is 350 g/mol. The predicted octanol–water partition coefficient (Wildman–Crippen LogP) is 3.90. The molecule has 0 aromatic heterocycles. The van der Waals surface area contributed by atoms with E-state index in [2.05, 4.69) is 5.32 Å². The Hall–Kier alpha value is -2.40. The van der Waals surface area contributed by atoms with E-state index in [-0.39, 0.29) is 18.6 Å². The third-order valence-corrected chi connectivity index (χ3v) is 3.69. The lowest BCUT2D eigenvalue weighted by molar-refractivity contribution is -0.143. The topological polar surface area (TPSA) is 55.4 Å². The molecule has 1 unspecified atom stereocenters. The maximum Gasteiger partial charge on any atom is 0.308 e. The monoisotopic (exact) mass is 349 g/mol. The molecule has 4 nitrogen and oxygen atoms in total. The SMILES string of the molecule is CCOC(=O)CC(NC(=O)c1cccc(F)c1)c1ccccc1Cl. The maximum atomic E-state index is 13.3. The van der Waals surface area contributed by atoms with Crippen LogP contribution >= 0.6 is 11.6 Å². The molecule has 2 aromatic rings. The first-order valence-corrected chi connectivity index (χ1v) is 7.85. The highest BCUT2D eigenvalue weighted by atomic mass is 35.5. The second-order valence-corrected chi connectivity index (χ2v) is 5.47. The molecule has 0 heterocycles. The smallest absolute Gasteiger partial charge is 0.308 e. The van der Waals surface area contributed by atoms with Gasteiger partial charge in [-0.3, -0.25) is 9.59 Å². The van der Waals surface area contributed by atoms with Crippen molar-refractivity contribution in [1.29, 1.82) is 0 Å². The molecule has 24 heavy (non-hydrogen) atoms. The van der Waals surface area contributed by atoms with Crippen molar-refractivity contribution in [1.82, 2.24) is 5.32 Å². The maximum absolute atomic E-state index is 13.3. The highest BCUT2D eigenvalue weighted by molar-refractivity contribution is 6.31. The van der Waals surface area contributed by atoms with Gasteiger partial charge in [-0.15, -0.1) is 0 Å². The summed E-state index contributed by atoms with van der Waals surface area (Å²) in [7, 11) is 0. The summed E-state index contributed by atoms with van der Waals surface area (Å²) in [6, 6.07) is 11.5. The van der Waals surface area contributed by atoms with Crippen LogP contribution in [0, 0.1) is 5.82 Å². The lowest BCUT2D eigenvalue weighted by Crippen LogP contribution is -2.31. The Morgan fingerprint density at radius 3 is 2.62 bits per heavy atom. The number of hydrogen-bond acceptors (Lipinski definition) is 3. The summed E-state index contributed by atoms with van der Waals surface area (Å²) < 4.78 is 18.2. The Kier molecular flexibility index (Phi) is 6.32. The van der Waals surface area contributed by atoms with Crippen molar-refractivity contribution in [3.05, 3.63) is 70.5 Å². The minimum absolute atomic E-state index is 0.0708. The van der Waals surface area contributed by atoms with Gasteiger partial charge in [0.1, 0.15) is 5.82 Å². The normalized spacial score (nSPS) is 11.6. The molecule has 2 aromatic carbocycles. The van der Waals surface area contributed by atoms with Crippen molar-refractivity contribution >= 4 is 23.5 Å². The van der Waals surface area contributed by atoms with E-state index < -0.39 is 23.7 Å². The van der Waals surface area contributed by atoms with Crippen LogP contribution in [0.25, 0.3) is 0 Å². The molecule has 6 heteroatoms. The van der Waals surface area contributed by atoms with Gasteiger partial charge in [-0.05, 0) is 36.8 Å². The Morgan fingerprint density at radius 2 is 1.96 bits per heavy atom. The Bertz CT molecular complexity index is 736. The number of carbonyl (C=O) groups is 2. The average Bonchev–Trinajstić information content (AvgIpc) is 2.55. The molecule has 0 aliphatic carbocycles. The third-order valence-electron chi connectivity index (χ3n) is 3.35. The number of benzene rings is 2. The van der Waals surface area contributed by atoms with Crippen LogP contribution in [0.15, 0.2) is 48.5 Å². The Morgan fingerprint density at radius 1 is 1.21 bits per heavy atom. The van der Waals surface area contributed by atoms with Gasteiger partial charge >= 0.3 is 5.97 Å². The molecule has 2 rings (SSSR count). The van der Waals surface area contributed by atoms with Crippen LogP contribution in [0.4, 0.5) is 4.39 Å². The van der Waals surface area contributed by atoms with Crippen LogP contribution in [0.1, 0.15) is 35.3 Å². The van der Waals surface area contributed by atoms with E-state index in [4.69, 9.17) is 16.3 Å². The highest BCUT2D eigenvalue weighted by Crippen LogP contribution is 2.26. The molecule has 1 atom stereocenters. The molecule has 0 spiro atoms. The quantitative estimate of drug-likeness (QED) is 0.805. The van der Waals surface area contributed by atoms with Crippen LogP contribution < -0.4 is 5.32 Å². The molecular formula is C18H17ClFNO3. The van der Waals surface area contributed by atoms with Gasteiger partial charge in [-0.25, -0.2) is 4.39 Å². The van der Waals surface area contributed by atoms with Gasteiger partial charge in [0.05, 0.1) is 19.1 Å². The third kappa shape index (κ3) is 4.80. The lowest BCUT2D eigenvalue weighted by atomic mass is 10.0. The second kappa shape index (κ2) is 8.45. The predicted molar refractivity (Wildman–Crippen MR) is 89.3 cm³/mol. The van der Waals surface area contributed by atoms with E-state index in [1.807, 2.05) is 0 Å². The molecule has 1 N–H and O–H groups in total. The minimum Gasteiger partial charge on any atom is -0.466 e. The summed E-state index contributed by atoms with van der Waals surface area (Å²) in [5, 5.41) is 3.14. The number of halogens is 2. The van der Waals surface area contributed by atoms with E-state index in [9.17, 15) is 14.0 Å². The Labute approximate surface area is 144 Å². The molecular weight excluding hydrogens is 333 g/mol. The molecule has 0 bridgehead atoms. The molecule has 0 fully saturated rings. The van der Waals surface area contributed by atoms with Crippen molar-refractivity contribution in [3.63, 3.8) is 0 Å². The van der Waals surface area contributed by atoms with Gasteiger partial charge in [-0.2, -0.15) is 0 Å². The molecule has 0 saturated heterocycles. The van der Waals surface area contributed by atoms with Crippen LogP contribution in [-0.4, -0.2) is 18.5 Å². The zero-order valence-corrected chi connectivity index (χ0v) is 13.8. The standard InChI is InChI=1S/C18H17ClFNO3/c1-2-24-17(22)11-16(14-8-3-4-9-15(14)19)21-18(23)12-6-5-7-13(20)10-12/h3-10,16H,2,11H2,1H3,(H,21,23). The fraction of sp³-hybridized carbons (Fsp3) is 0.222. The second-order valence-electron chi connectivity index (χ2n) is 5.07. The number of amides is 1. The van der Waals surface area contributed by atoms with Gasteiger partial charge in [-0.1, -0.05) is 35.9 Å². The van der Waals surface area contributed by atoms with E-state index in [0.717, 1.165) is 6.07 Å². The minimum atomic E-state index is -0.673. The van der Waals surface area contributed by atoms with Crippen molar-refractivity contribution in [2.75, 3.05) is 6.61 Å². The Balaban J connectivity index is 2.24. The lowest BCUT2D eigenvalue weighted by Gasteiger charge is -2.19. The van der Waals surface area contributed by atoms with Gasteiger partial charge in [0.15, 0.2) is 0 Å². The number of rotatable bonds is 6. The van der Waals surface area contributed by atoms with E-state index in [0.29, 0.717) is 10.6 Å². The molecule has 0 saturated carbocycles.